The molecule has 3 nitrogen and oxygen atoms in total. The fourth-order valence-electron chi connectivity index (χ4n) is 2.04. The summed E-state index contributed by atoms with van der Waals surface area (Å²) in [6.45, 7) is 7.89. The van der Waals surface area contributed by atoms with Gasteiger partial charge in [0.15, 0.2) is 0 Å². The molecule has 0 spiro atoms. The second kappa shape index (κ2) is 5.68. The second-order valence-corrected chi connectivity index (χ2v) is 6.02. The number of hydrogen-bond donors (Lipinski definition) is 2. The Bertz CT molecular complexity index is 433. The smallest absolute Gasteiger partial charge is 0.423 e. The zero-order chi connectivity index (χ0) is 13.9. The topological polar surface area (TPSA) is 57.5 Å². The molecule has 1 rings (SSSR count). The van der Waals surface area contributed by atoms with Gasteiger partial charge in [-0.25, -0.2) is 0 Å². The lowest BCUT2D eigenvalue weighted by Gasteiger charge is -2.19. The summed E-state index contributed by atoms with van der Waals surface area (Å²) >= 11 is 0. The molecule has 0 fully saturated rings. The standard InChI is InChI=1S/C14H21BO3/c1-10(16)7-12-6-5-11(9-14(2,3)4)8-13(12)15(17)18/h5-6,8,17-18H,7,9H2,1-4H3. The van der Waals surface area contributed by atoms with Gasteiger partial charge < -0.3 is 10.0 Å². The Morgan fingerprint density at radius 1 is 1.28 bits per heavy atom. The molecule has 0 saturated carbocycles. The van der Waals surface area contributed by atoms with Gasteiger partial charge in [-0.15, -0.1) is 0 Å². The van der Waals surface area contributed by atoms with Gasteiger partial charge in [0, 0.05) is 6.42 Å². The van der Waals surface area contributed by atoms with Crippen LogP contribution in [0.4, 0.5) is 0 Å². The van der Waals surface area contributed by atoms with Crippen molar-refractivity contribution < 1.29 is 14.8 Å². The van der Waals surface area contributed by atoms with Crippen LogP contribution >= 0.6 is 0 Å². The number of benzene rings is 1. The van der Waals surface area contributed by atoms with Gasteiger partial charge in [-0.2, -0.15) is 0 Å². The van der Waals surface area contributed by atoms with Crippen LogP contribution in [0, 0.1) is 5.41 Å². The minimum absolute atomic E-state index is 0.0143. The first-order valence-corrected chi connectivity index (χ1v) is 6.16. The van der Waals surface area contributed by atoms with Crippen LogP contribution < -0.4 is 5.46 Å². The minimum atomic E-state index is -1.53. The highest BCUT2D eigenvalue weighted by Gasteiger charge is 2.19. The van der Waals surface area contributed by atoms with Crippen molar-refractivity contribution in [3.05, 3.63) is 29.3 Å². The summed E-state index contributed by atoms with van der Waals surface area (Å²) < 4.78 is 0. The van der Waals surface area contributed by atoms with Crippen LogP contribution in [-0.2, 0) is 17.6 Å². The van der Waals surface area contributed by atoms with Gasteiger partial charge in [0.25, 0.3) is 0 Å². The normalized spacial score (nSPS) is 11.4. The van der Waals surface area contributed by atoms with Crippen molar-refractivity contribution in [1.29, 1.82) is 0 Å². The molecule has 0 radical (unpaired) electrons. The first kappa shape index (κ1) is 14.9. The molecule has 0 aromatic heterocycles. The van der Waals surface area contributed by atoms with Gasteiger partial charge in [-0.1, -0.05) is 39.0 Å². The molecule has 0 aliphatic rings. The summed E-state index contributed by atoms with van der Waals surface area (Å²) in [4.78, 5) is 11.1. The van der Waals surface area contributed by atoms with Crippen molar-refractivity contribution in [3.63, 3.8) is 0 Å². The lowest BCUT2D eigenvalue weighted by molar-refractivity contribution is -0.116. The van der Waals surface area contributed by atoms with Crippen LogP contribution in [0.2, 0.25) is 0 Å². The second-order valence-electron chi connectivity index (χ2n) is 6.02. The van der Waals surface area contributed by atoms with Gasteiger partial charge >= 0.3 is 7.12 Å². The molecule has 2 N–H and O–H groups in total. The lowest BCUT2D eigenvalue weighted by atomic mass is 9.74. The van der Waals surface area contributed by atoms with Crippen molar-refractivity contribution in [2.24, 2.45) is 5.41 Å². The molecule has 18 heavy (non-hydrogen) atoms. The quantitative estimate of drug-likeness (QED) is 0.784. The first-order valence-electron chi connectivity index (χ1n) is 6.16. The third-order valence-electron chi connectivity index (χ3n) is 2.66. The summed E-state index contributed by atoms with van der Waals surface area (Å²) in [5.41, 5.74) is 2.32. The number of rotatable bonds is 4. The summed E-state index contributed by atoms with van der Waals surface area (Å²) in [6.07, 6.45) is 1.09. The molecule has 98 valence electrons. The molecule has 0 aliphatic heterocycles. The van der Waals surface area contributed by atoms with E-state index in [-0.39, 0.29) is 17.6 Å². The van der Waals surface area contributed by atoms with E-state index in [9.17, 15) is 14.8 Å². The lowest BCUT2D eigenvalue weighted by Crippen LogP contribution is -2.34. The predicted molar refractivity (Wildman–Crippen MR) is 73.8 cm³/mol. The Kier molecular flexibility index (Phi) is 4.71. The van der Waals surface area contributed by atoms with Crippen molar-refractivity contribution in [1.82, 2.24) is 0 Å². The molecule has 0 heterocycles. The van der Waals surface area contributed by atoms with E-state index >= 15 is 0 Å². The van der Waals surface area contributed by atoms with Gasteiger partial charge in [0.1, 0.15) is 5.78 Å². The monoisotopic (exact) mass is 248 g/mol. The van der Waals surface area contributed by atoms with Gasteiger partial charge in [-0.3, -0.25) is 4.79 Å². The molecule has 4 heteroatoms. The van der Waals surface area contributed by atoms with Gasteiger partial charge in [0.05, 0.1) is 0 Å². The average molecular weight is 248 g/mol. The van der Waals surface area contributed by atoms with E-state index in [1.807, 2.05) is 12.1 Å². The van der Waals surface area contributed by atoms with Crippen LogP contribution in [-0.4, -0.2) is 22.9 Å². The first-order chi connectivity index (χ1) is 8.19. The maximum absolute atomic E-state index is 11.1. The van der Waals surface area contributed by atoms with Crippen LogP contribution in [0.1, 0.15) is 38.8 Å². The molecule has 0 bridgehead atoms. The number of carbonyl (C=O) groups is 1. The van der Waals surface area contributed by atoms with Crippen LogP contribution in [0.3, 0.4) is 0 Å². The molecule has 0 amide bonds. The highest BCUT2D eigenvalue weighted by molar-refractivity contribution is 6.59. The molecular formula is C14H21BO3. The Hall–Kier alpha value is -1.13. The number of Topliss-reactive ketones (excluding diaryl/α,β-unsaturated/α-hetero) is 1. The highest BCUT2D eigenvalue weighted by Crippen LogP contribution is 2.20. The zero-order valence-corrected chi connectivity index (χ0v) is 11.5. The van der Waals surface area contributed by atoms with E-state index in [1.54, 1.807) is 6.07 Å². The van der Waals surface area contributed by atoms with E-state index in [0.29, 0.717) is 11.0 Å². The van der Waals surface area contributed by atoms with E-state index in [2.05, 4.69) is 20.8 Å². The van der Waals surface area contributed by atoms with E-state index in [1.165, 1.54) is 6.92 Å². The fraction of sp³-hybridized carbons (Fsp3) is 0.500. The number of carbonyl (C=O) groups excluding carboxylic acids is 1. The Labute approximate surface area is 109 Å². The molecule has 1 aromatic rings. The van der Waals surface area contributed by atoms with E-state index in [4.69, 9.17) is 0 Å². The summed E-state index contributed by atoms with van der Waals surface area (Å²) in [5, 5.41) is 18.8. The molecule has 0 aliphatic carbocycles. The minimum Gasteiger partial charge on any atom is -0.423 e. The number of ketones is 1. The summed E-state index contributed by atoms with van der Waals surface area (Å²) in [5.74, 6) is 0.0143. The maximum atomic E-state index is 11.1. The third kappa shape index (κ3) is 4.63. The van der Waals surface area contributed by atoms with Crippen molar-refractivity contribution in [2.75, 3.05) is 0 Å². The Balaban J connectivity index is 3.07. The Morgan fingerprint density at radius 2 is 1.89 bits per heavy atom. The van der Waals surface area contributed by atoms with Crippen LogP contribution in [0.5, 0.6) is 0 Å². The van der Waals surface area contributed by atoms with Crippen LogP contribution in [0.25, 0.3) is 0 Å². The van der Waals surface area contributed by atoms with Crippen LogP contribution in [0.15, 0.2) is 18.2 Å². The molecular weight excluding hydrogens is 227 g/mol. The van der Waals surface area contributed by atoms with Crippen molar-refractivity contribution in [2.45, 2.75) is 40.5 Å². The highest BCUT2D eigenvalue weighted by atomic mass is 16.4. The van der Waals surface area contributed by atoms with E-state index in [0.717, 1.165) is 12.0 Å². The molecule has 1 aromatic carbocycles. The largest absolute Gasteiger partial charge is 0.488 e. The van der Waals surface area contributed by atoms with Crippen molar-refractivity contribution in [3.8, 4) is 0 Å². The maximum Gasteiger partial charge on any atom is 0.488 e. The van der Waals surface area contributed by atoms with E-state index < -0.39 is 7.12 Å². The zero-order valence-electron chi connectivity index (χ0n) is 11.5. The average Bonchev–Trinajstić information content (AvgIpc) is 2.17. The Morgan fingerprint density at radius 3 is 2.33 bits per heavy atom. The third-order valence-corrected chi connectivity index (χ3v) is 2.66. The molecule has 0 saturated heterocycles. The van der Waals surface area contributed by atoms with Crippen molar-refractivity contribution >= 4 is 18.4 Å². The summed E-state index contributed by atoms with van der Waals surface area (Å²) in [6, 6.07) is 5.56. The predicted octanol–water partition coefficient (Wildman–Crippen LogP) is 1.09. The van der Waals surface area contributed by atoms with Gasteiger partial charge in [0.2, 0.25) is 0 Å². The molecule has 0 unspecified atom stereocenters. The summed E-state index contributed by atoms with van der Waals surface area (Å²) in [7, 11) is -1.53. The fourth-order valence-corrected chi connectivity index (χ4v) is 2.04. The number of hydrogen-bond acceptors (Lipinski definition) is 3. The SMILES string of the molecule is CC(=O)Cc1ccc(CC(C)(C)C)cc1B(O)O. The molecule has 0 atom stereocenters. The van der Waals surface area contributed by atoms with Gasteiger partial charge in [-0.05, 0) is 35.3 Å².